The third-order valence-electron chi connectivity index (χ3n) is 7.11. The number of phenols is 1. The van der Waals surface area contributed by atoms with Crippen LogP contribution in [0.2, 0.25) is 0 Å². The minimum atomic E-state index is -0.946. The Morgan fingerprint density at radius 2 is 2.09 bits per heavy atom. The van der Waals surface area contributed by atoms with Gasteiger partial charge in [0.1, 0.15) is 24.2 Å². The molecule has 0 radical (unpaired) electrons. The topological polar surface area (TPSA) is 88.3 Å². The number of nitrogens with one attached hydrogen (secondary N) is 1. The number of anilines is 1. The highest BCUT2D eigenvalue weighted by Crippen LogP contribution is 2.40. The highest BCUT2D eigenvalue weighted by molar-refractivity contribution is 5.75. The van der Waals surface area contributed by atoms with Crippen LogP contribution < -0.4 is 15.0 Å². The number of nitrogens with zero attached hydrogens (tertiary/aromatic N) is 5. The summed E-state index contributed by atoms with van der Waals surface area (Å²) in [7, 11) is 1.85. The highest BCUT2D eigenvalue weighted by atomic mass is 19.1. The first-order valence-electron chi connectivity index (χ1n) is 11.6. The van der Waals surface area contributed by atoms with E-state index >= 15 is 4.39 Å². The van der Waals surface area contributed by atoms with E-state index in [0.717, 1.165) is 36.8 Å². The number of benzene rings is 1. The van der Waals surface area contributed by atoms with Gasteiger partial charge in [0.25, 0.3) is 0 Å². The van der Waals surface area contributed by atoms with E-state index in [0.29, 0.717) is 42.0 Å². The molecule has 0 saturated carbocycles. The molecule has 1 aromatic carbocycles. The van der Waals surface area contributed by atoms with Gasteiger partial charge >= 0.3 is 0 Å². The number of hydrogen-bond acceptors (Lipinski definition) is 7. The number of hydrogen-bond donors (Lipinski definition) is 2. The predicted molar refractivity (Wildman–Crippen MR) is 122 cm³/mol. The summed E-state index contributed by atoms with van der Waals surface area (Å²) in [4.78, 5) is 2.04. The van der Waals surface area contributed by atoms with Crippen molar-refractivity contribution >= 4 is 5.82 Å². The average Bonchev–Trinajstić information content (AvgIpc) is 3.27. The second kappa shape index (κ2) is 7.98. The molecular weight excluding hydrogens is 423 g/mol. The minimum absolute atomic E-state index is 0.0868. The molecule has 0 aliphatic carbocycles. The Balaban J connectivity index is 1.29. The Morgan fingerprint density at radius 3 is 2.91 bits per heavy atom. The van der Waals surface area contributed by atoms with Gasteiger partial charge in [-0.15, -0.1) is 10.2 Å². The summed E-state index contributed by atoms with van der Waals surface area (Å²) < 4.78 is 23.0. The first-order chi connectivity index (χ1) is 16.1. The number of fused-ring (bicyclic) bond motifs is 3. The molecule has 0 unspecified atom stereocenters. The largest absolute Gasteiger partial charge is 0.507 e. The van der Waals surface area contributed by atoms with E-state index < -0.39 is 6.17 Å². The third kappa shape index (κ3) is 3.60. The molecule has 6 rings (SSSR count). The molecular formula is C24H27FN6O2. The second-order valence-electron chi connectivity index (χ2n) is 9.24. The van der Waals surface area contributed by atoms with Crippen LogP contribution in [0.5, 0.6) is 11.5 Å². The van der Waals surface area contributed by atoms with Crippen molar-refractivity contribution in [2.45, 2.75) is 50.0 Å². The average molecular weight is 451 g/mol. The van der Waals surface area contributed by atoms with E-state index in [4.69, 9.17) is 4.74 Å². The van der Waals surface area contributed by atoms with Gasteiger partial charge in [-0.3, -0.25) is 4.68 Å². The highest BCUT2D eigenvalue weighted by Gasteiger charge is 2.44. The first kappa shape index (κ1) is 20.4. The molecule has 9 heteroatoms. The predicted octanol–water partition coefficient (Wildman–Crippen LogP) is 3.07. The van der Waals surface area contributed by atoms with Crippen LogP contribution in [0.1, 0.15) is 25.7 Å². The lowest BCUT2D eigenvalue weighted by Gasteiger charge is -2.47. The molecule has 3 aromatic rings. The first-order valence-corrected chi connectivity index (χ1v) is 11.6. The minimum Gasteiger partial charge on any atom is -0.507 e. The Morgan fingerprint density at radius 1 is 1.18 bits per heavy atom. The lowest BCUT2D eigenvalue weighted by molar-refractivity contribution is 0.100. The molecule has 3 aliphatic heterocycles. The number of aromatic hydroxyl groups is 1. The summed E-state index contributed by atoms with van der Waals surface area (Å²) in [5, 5.41) is 27.2. The molecule has 5 heterocycles. The van der Waals surface area contributed by atoms with Crippen LogP contribution in [0.4, 0.5) is 10.2 Å². The van der Waals surface area contributed by atoms with Crippen LogP contribution in [-0.2, 0) is 7.05 Å². The number of halogens is 1. The lowest BCUT2D eigenvalue weighted by Crippen LogP contribution is -2.63. The maximum atomic E-state index is 15.3. The fourth-order valence-electron chi connectivity index (χ4n) is 5.47. The maximum absolute atomic E-state index is 15.3. The van der Waals surface area contributed by atoms with Gasteiger partial charge in [-0.2, -0.15) is 5.10 Å². The summed E-state index contributed by atoms with van der Waals surface area (Å²) in [6.45, 7) is 1.06. The van der Waals surface area contributed by atoms with Gasteiger partial charge in [-0.25, -0.2) is 4.39 Å². The molecule has 3 aliphatic rings. The zero-order valence-corrected chi connectivity index (χ0v) is 18.5. The van der Waals surface area contributed by atoms with Crippen molar-refractivity contribution < 1.29 is 14.2 Å². The molecule has 2 N–H and O–H groups in total. The Kier molecular flexibility index (Phi) is 4.94. The Bertz CT molecular complexity index is 1180. The molecule has 2 saturated heterocycles. The van der Waals surface area contributed by atoms with Crippen molar-refractivity contribution in [1.82, 2.24) is 25.3 Å². The number of aromatic nitrogens is 4. The van der Waals surface area contributed by atoms with Gasteiger partial charge in [-0.1, -0.05) is 12.5 Å². The normalized spacial score (nSPS) is 26.5. The van der Waals surface area contributed by atoms with Crippen molar-refractivity contribution in [3.8, 4) is 33.9 Å². The Labute approximate surface area is 191 Å². The van der Waals surface area contributed by atoms with Crippen LogP contribution >= 0.6 is 0 Å². The molecule has 0 spiro atoms. The smallest absolute Gasteiger partial charge is 0.194 e. The third-order valence-corrected chi connectivity index (χ3v) is 7.11. The van der Waals surface area contributed by atoms with Crippen molar-refractivity contribution in [3.05, 3.63) is 36.7 Å². The summed E-state index contributed by atoms with van der Waals surface area (Å²) in [6.07, 6.45) is 6.52. The van der Waals surface area contributed by atoms with Gasteiger partial charge < -0.3 is 20.1 Å². The standard InChI is InChI=1S/C24H27FN6O2/c1-30-13-15(12-26-30)14-5-6-17(21(32)9-14)19-11-22-24(29-28-19)31(7-8-33-22)20-10-16-3-2-4-18(27-16)23(20)25/h5-6,9,11-13,16,18,20,23,27,32H,2-4,7-8,10H2,1H3/t16-,18+,20+,23-/m1/s1. The monoisotopic (exact) mass is 450 g/mol. The quantitative estimate of drug-likeness (QED) is 0.634. The summed E-state index contributed by atoms with van der Waals surface area (Å²) >= 11 is 0. The number of ether oxygens (including phenoxy) is 1. The van der Waals surface area contributed by atoms with Crippen molar-refractivity contribution in [2.24, 2.45) is 7.05 Å². The van der Waals surface area contributed by atoms with E-state index in [-0.39, 0.29) is 17.8 Å². The number of phenolic OH excluding ortho intramolecular Hbond substituents is 1. The summed E-state index contributed by atoms with van der Waals surface area (Å²) in [5.41, 5.74) is 2.87. The van der Waals surface area contributed by atoms with Gasteiger partial charge in [0.15, 0.2) is 11.6 Å². The lowest BCUT2D eigenvalue weighted by atomic mass is 9.82. The van der Waals surface area contributed by atoms with Crippen LogP contribution in [0, 0.1) is 0 Å². The van der Waals surface area contributed by atoms with E-state index in [1.807, 2.05) is 30.3 Å². The number of rotatable bonds is 3. The fraction of sp³-hybridized carbons (Fsp3) is 0.458. The van der Waals surface area contributed by atoms with Gasteiger partial charge in [-0.05, 0) is 37.0 Å². The van der Waals surface area contributed by atoms with Gasteiger partial charge in [0.05, 0.1) is 18.8 Å². The molecule has 2 fully saturated rings. The fourth-order valence-corrected chi connectivity index (χ4v) is 5.47. The van der Waals surface area contributed by atoms with Crippen molar-refractivity contribution in [3.63, 3.8) is 0 Å². The van der Waals surface area contributed by atoms with E-state index in [1.165, 1.54) is 0 Å². The molecule has 2 bridgehead atoms. The van der Waals surface area contributed by atoms with E-state index in [2.05, 4.69) is 20.6 Å². The SMILES string of the molecule is Cn1cc(-c2ccc(-c3cc4c(nn3)N([C@H]3C[C@H]5CCC[C@H](N5)[C@H]3F)CCO4)c(O)c2)cn1. The zero-order chi connectivity index (χ0) is 22.5. The van der Waals surface area contributed by atoms with Gasteiger partial charge in [0.2, 0.25) is 0 Å². The molecule has 8 nitrogen and oxygen atoms in total. The van der Waals surface area contributed by atoms with E-state index in [1.54, 1.807) is 23.0 Å². The van der Waals surface area contributed by atoms with Crippen molar-refractivity contribution in [1.29, 1.82) is 0 Å². The molecule has 2 aromatic heterocycles. The number of alkyl halides is 1. The molecule has 4 atom stereocenters. The zero-order valence-electron chi connectivity index (χ0n) is 18.5. The summed E-state index contributed by atoms with van der Waals surface area (Å²) in [5.74, 6) is 1.27. The number of piperidine rings is 2. The maximum Gasteiger partial charge on any atom is 0.194 e. The molecule has 0 amide bonds. The van der Waals surface area contributed by atoms with Gasteiger partial charge in [0, 0.05) is 42.5 Å². The Hall–Kier alpha value is -3.20. The molecule has 33 heavy (non-hydrogen) atoms. The number of aryl methyl sites for hydroxylation is 1. The van der Waals surface area contributed by atoms with Crippen LogP contribution in [0.15, 0.2) is 36.7 Å². The second-order valence-corrected chi connectivity index (χ2v) is 9.24. The van der Waals surface area contributed by atoms with Crippen LogP contribution in [-0.4, -0.2) is 62.5 Å². The van der Waals surface area contributed by atoms with Crippen molar-refractivity contribution in [2.75, 3.05) is 18.1 Å². The molecule has 172 valence electrons. The van der Waals surface area contributed by atoms with Crippen LogP contribution in [0.3, 0.4) is 0 Å². The van der Waals surface area contributed by atoms with Crippen LogP contribution in [0.25, 0.3) is 22.4 Å². The summed E-state index contributed by atoms with van der Waals surface area (Å²) in [6, 6.07) is 7.27. The van der Waals surface area contributed by atoms with E-state index in [9.17, 15) is 5.11 Å².